The Balaban J connectivity index is 1.58. The number of rotatable bonds is 6. The third-order valence-corrected chi connectivity index (χ3v) is 9.48. The van der Waals surface area contributed by atoms with Crippen LogP contribution in [0.15, 0.2) is 52.2 Å². The minimum Gasteiger partial charge on any atom is -0.382 e. The minimum absolute atomic E-state index is 0.0294. The van der Waals surface area contributed by atoms with Gasteiger partial charge in [-0.25, -0.2) is 4.79 Å². The summed E-state index contributed by atoms with van der Waals surface area (Å²) in [6, 6.07) is 8.29. The summed E-state index contributed by atoms with van der Waals surface area (Å²) >= 11 is 0. The number of primary amides is 1. The molecule has 1 aromatic rings. The second kappa shape index (κ2) is 9.60. The van der Waals surface area contributed by atoms with Crippen LogP contribution >= 0.6 is 0 Å². The number of amides is 1. The number of nitrogens with zero attached hydrogens (tertiary/aromatic N) is 1. The average Bonchev–Trinajstić information content (AvgIpc) is 3.15. The molecule has 0 aliphatic heterocycles. The maximum Gasteiger partial charge on any atom is 0.430 e. The van der Waals surface area contributed by atoms with Gasteiger partial charge in [0.15, 0.2) is 5.78 Å². The Kier molecular flexibility index (Phi) is 6.64. The van der Waals surface area contributed by atoms with Crippen molar-refractivity contribution in [3.8, 4) is 0 Å². The maximum absolute atomic E-state index is 12.2. The molecule has 192 valence electrons. The van der Waals surface area contributed by atoms with E-state index in [0.717, 1.165) is 44.1 Å². The van der Waals surface area contributed by atoms with E-state index in [9.17, 15) is 9.59 Å². The SMILES string of the molecule is COC[C@]1(OC)CCC2C3CCC4=CC(=O)CCC4=C3[C@@H](c3ccc(/C=N/OC(N)=O)cc3)C[C@@]21C. The molecule has 5 rings (SSSR count). The highest BCUT2D eigenvalue weighted by molar-refractivity contribution is 5.93. The van der Waals surface area contributed by atoms with Gasteiger partial charge < -0.3 is 15.2 Å². The molecular weight excluding hydrogens is 456 g/mol. The number of methoxy groups -OCH3 is 2. The Labute approximate surface area is 212 Å². The van der Waals surface area contributed by atoms with Crippen molar-refractivity contribution in [2.75, 3.05) is 20.8 Å². The Hall–Kier alpha value is -2.77. The third kappa shape index (κ3) is 4.02. The van der Waals surface area contributed by atoms with Gasteiger partial charge in [-0.2, -0.15) is 0 Å². The van der Waals surface area contributed by atoms with Crippen molar-refractivity contribution in [3.63, 3.8) is 0 Å². The molecule has 0 spiro atoms. The van der Waals surface area contributed by atoms with Crippen molar-refractivity contribution in [2.45, 2.75) is 63.4 Å². The molecule has 2 saturated carbocycles. The van der Waals surface area contributed by atoms with E-state index in [4.69, 9.17) is 15.2 Å². The molecule has 0 aromatic heterocycles. The molecule has 2 N–H and O–H groups in total. The monoisotopic (exact) mass is 492 g/mol. The number of nitrogens with two attached hydrogens (primary N) is 1. The predicted molar refractivity (Wildman–Crippen MR) is 137 cm³/mol. The van der Waals surface area contributed by atoms with Gasteiger partial charge in [-0.1, -0.05) is 41.9 Å². The lowest BCUT2D eigenvalue weighted by Gasteiger charge is -2.55. The van der Waals surface area contributed by atoms with Gasteiger partial charge in [0, 0.05) is 32.0 Å². The molecule has 4 aliphatic rings. The van der Waals surface area contributed by atoms with E-state index < -0.39 is 6.09 Å². The van der Waals surface area contributed by atoms with E-state index in [1.807, 2.05) is 25.3 Å². The fraction of sp³-hybridized carbons (Fsp3) is 0.552. The Morgan fingerprint density at radius 2 is 1.94 bits per heavy atom. The summed E-state index contributed by atoms with van der Waals surface area (Å²) in [6.45, 7) is 3.01. The van der Waals surface area contributed by atoms with Gasteiger partial charge in [0.2, 0.25) is 0 Å². The van der Waals surface area contributed by atoms with Crippen molar-refractivity contribution < 1.29 is 23.9 Å². The Morgan fingerprint density at radius 1 is 1.17 bits per heavy atom. The number of carbonyl (C=O) groups excluding carboxylic acids is 2. The van der Waals surface area contributed by atoms with Crippen LogP contribution in [0.1, 0.15) is 68.9 Å². The second-order valence-electron chi connectivity index (χ2n) is 11.0. The number of hydrogen-bond donors (Lipinski definition) is 1. The zero-order chi connectivity index (χ0) is 25.5. The maximum atomic E-state index is 12.2. The molecule has 0 saturated heterocycles. The van der Waals surface area contributed by atoms with Crippen LogP contribution in [-0.4, -0.2) is 44.5 Å². The first-order chi connectivity index (χ1) is 17.3. The number of ketones is 1. The Bertz CT molecular complexity index is 1140. The van der Waals surface area contributed by atoms with Crippen molar-refractivity contribution >= 4 is 18.1 Å². The van der Waals surface area contributed by atoms with Crippen LogP contribution in [0, 0.1) is 17.3 Å². The first kappa shape index (κ1) is 24.9. The number of carbonyl (C=O) groups is 2. The number of oxime groups is 1. The fourth-order valence-electron chi connectivity index (χ4n) is 7.85. The van der Waals surface area contributed by atoms with Gasteiger partial charge in [0.1, 0.15) is 0 Å². The van der Waals surface area contributed by atoms with Crippen molar-refractivity contribution in [2.24, 2.45) is 28.1 Å². The zero-order valence-corrected chi connectivity index (χ0v) is 21.4. The highest BCUT2D eigenvalue weighted by Crippen LogP contribution is 2.67. The van der Waals surface area contributed by atoms with E-state index >= 15 is 0 Å². The largest absolute Gasteiger partial charge is 0.430 e. The first-order valence-electron chi connectivity index (χ1n) is 12.9. The molecule has 1 aromatic carbocycles. The second-order valence-corrected chi connectivity index (χ2v) is 11.0. The molecule has 7 nitrogen and oxygen atoms in total. The molecule has 5 atom stereocenters. The lowest BCUT2D eigenvalue weighted by molar-refractivity contribution is -0.149. The lowest BCUT2D eigenvalue weighted by atomic mass is 9.51. The normalized spacial score (nSPS) is 33.7. The van der Waals surface area contributed by atoms with Gasteiger partial charge in [-0.3, -0.25) is 9.63 Å². The molecule has 2 fully saturated rings. The number of ether oxygens (including phenoxy) is 2. The van der Waals surface area contributed by atoms with E-state index in [0.29, 0.717) is 24.9 Å². The van der Waals surface area contributed by atoms with Gasteiger partial charge >= 0.3 is 6.09 Å². The third-order valence-electron chi connectivity index (χ3n) is 9.48. The standard InChI is InChI=1S/C29H36N2O5/c1-28-15-24(19-6-4-18(5-7-19)16-31-36-27(30)33)26-22-11-9-21(32)14-20(22)8-10-23(26)25(28)12-13-29(28,35-3)17-34-2/h4-7,14,16,23-25H,8-13,15,17H2,1-3H3,(H2,30,33)/b31-16+/t23?,24-,25?,28+,29-/m1/s1. The summed E-state index contributed by atoms with van der Waals surface area (Å²) in [6.07, 6.45) is 9.07. The summed E-state index contributed by atoms with van der Waals surface area (Å²) in [7, 11) is 3.61. The highest BCUT2D eigenvalue weighted by Gasteiger charge is 2.63. The summed E-state index contributed by atoms with van der Waals surface area (Å²) in [4.78, 5) is 27.5. The van der Waals surface area contributed by atoms with Crippen LogP contribution in [0.3, 0.4) is 0 Å². The predicted octanol–water partition coefficient (Wildman–Crippen LogP) is 5.05. The van der Waals surface area contributed by atoms with Crippen LogP contribution in [0.5, 0.6) is 0 Å². The quantitative estimate of drug-likeness (QED) is 0.340. The van der Waals surface area contributed by atoms with Crippen molar-refractivity contribution in [1.82, 2.24) is 0 Å². The van der Waals surface area contributed by atoms with Crippen LogP contribution in [-0.2, 0) is 19.1 Å². The van der Waals surface area contributed by atoms with Crippen LogP contribution in [0.2, 0.25) is 0 Å². The van der Waals surface area contributed by atoms with E-state index in [1.165, 1.54) is 22.9 Å². The molecule has 36 heavy (non-hydrogen) atoms. The number of allylic oxidation sites excluding steroid dienone is 4. The molecule has 0 heterocycles. The lowest BCUT2D eigenvalue weighted by Crippen LogP contribution is -2.54. The summed E-state index contributed by atoms with van der Waals surface area (Å²) in [5, 5.41) is 3.64. The van der Waals surface area contributed by atoms with E-state index in [1.54, 1.807) is 12.7 Å². The van der Waals surface area contributed by atoms with Crippen LogP contribution in [0.4, 0.5) is 4.79 Å². The topological polar surface area (TPSA) is 100 Å². The number of fused-ring (bicyclic) bond motifs is 4. The van der Waals surface area contributed by atoms with Gasteiger partial charge in [0.25, 0.3) is 0 Å². The van der Waals surface area contributed by atoms with E-state index in [2.05, 4.69) is 29.0 Å². The molecule has 0 radical (unpaired) electrons. The average molecular weight is 493 g/mol. The van der Waals surface area contributed by atoms with Crippen molar-refractivity contribution in [3.05, 3.63) is 58.2 Å². The van der Waals surface area contributed by atoms with Crippen molar-refractivity contribution in [1.29, 1.82) is 0 Å². The van der Waals surface area contributed by atoms with E-state index in [-0.39, 0.29) is 22.7 Å². The summed E-state index contributed by atoms with van der Waals surface area (Å²) in [5.41, 5.74) is 11.0. The van der Waals surface area contributed by atoms with Crippen LogP contribution in [0.25, 0.3) is 0 Å². The summed E-state index contributed by atoms with van der Waals surface area (Å²) < 4.78 is 12.0. The highest BCUT2D eigenvalue weighted by atomic mass is 16.7. The molecular formula is C29H36N2O5. The van der Waals surface area contributed by atoms with Gasteiger partial charge in [0.05, 0.1) is 18.4 Å². The Morgan fingerprint density at radius 3 is 2.64 bits per heavy atom. The molecule has 0 bridgehead atoms. The zero-order valence-electron chi connectivity index (χ0n) is 21.4. The first-order valence-corrected chi connectivity index (χ1v) is 12.9. The molecule has 7 heteroatoms. The smallest absolute Gasteiger partial charge is 0.382 e. The molecule has 1 amide bonds. The summed E-state index contributed by atoms with van der Waals surface area (Å²) in [5.74, 6) is 1.50. The minimum atomic E-state index is -0.936. The fourth-order valence-corrected chi connectivity index (χ4v) is 7.85. The molecule has 4 aliphatic carbocycles. The number of hydrogen-bond acceptors (Lipinski definition) is 6. The van der Waals surface area contributed by atoms with Crippen LogP contribution < -0.4 is 5.73 Å². The van der Waals surface area contributed by atoms with Gasteiger partial charge in [-0.15, -0.1) is 0 Å². The number of benzene rings is 1. The molecule has 2 unspecified atom stereocenters. The van der Waals surface area contributed by atoms with Gasteiger partial charge in [-0.05, 0) is 78.7 Å².